The number of anilines is 1. The summed E-state index contributed by atoms with van der Waals surface area (Å²) in [6, 6.07) is 7.38. The molecule has 1 aromatic carbocycles. The first-order chi connectivity index (χ1) is 8.79. The predicted molar refractivity (Wildman–Crippen MR) is 71.5 cm³/mol. The Morgan fingerprint density at radius 1 is 1.39 bits per heavy atom. The molecule has 4 heteroatoms. The summed E-state index contributed by atoms with van der Waals surface area (Å²) in [5.74, 6) is 0.859. The highest BCUT2D eigenvalue weighted by Crippen LogP contribution is 2.22. The molecule has 0 unspecified atom stereocenters. The highest BCUT2D eigenvalue weighted by Gasteiger charge is 2.19. The van der Waals surface area contributed by atoms with Crippen LogP contribution >= 0.6 is 0 Å². The molecular weight excluding hydrogens is 228 g/mol. The maximum atomic E-state index is 11.9. The van der Waals surface area contributed by atoms with Gasteiger partial charge in [-0.3, -0.25) is 4.79 Å². The normalized spacial score (nSPS) is 14.7. The zero-order valence-corrected chi connectivity index (χ0v) is 10.3. The van der Waals surface area contributed by atoms with Gasteiger partial charge in [0.15, 0.2) is 0 Å². The number of hydrogen-bond acceptors (Lipinski definition) is 3. The van der Waals surface area contributed by atoms with Gasteiger partial charge < -0.3 is 15.8 Å². The second-order valence-corrected chi connectivity index (χ2v) is 4.29. The van der Waals surface area contributed by atoms with E-state index in [4.69, 9.17) is 10.5 Å². The summed E-state index contributed by atoms with van der Waals surface area (Å²) in [6.07, 6.45) is 5.75. The van der Waals surface area contributed by atoms with Crippen molar-refractivity contribution < 1.29 is 9.53 Å². The number of allylic oxidation sites excluding steroid dienone is 2. The van der Waals surface area contributed by atoms with Crippen molar-refractivity contribution in [2.24, 2.45) is 11.7 Å². The molecular formula is C14H18N2O2. The lowest BCUT2D eigenvalue weighted by atomic mass is 10.1. The van der Waals surface area contributed by atoms with Gasteiger partial charge in [-0.1, -0.05) is 18.2 Å². The topological polar surface area (TPSA) is 64.3 Å². The van der Waals surface area contributed by atoms with Crippen molar-refractivity contribution in [2.75, 3.05) is 18.5 Å². The van der Waals surface area contributed by atoms with Gasteiger partial charge in [-0.05, 0) is 25.0 Å². The van der Waals surface area contributed by atoms with Gasteiger partial charge in [0, 0.05) is 24.2 Å². The van der Waals surface area contributed by atoms with E-state index in [1.165, 1.54) is 0 Å². The van der Waals surface area contributed by atoms with E-state index >= 15 is 0 Å². The zero-order chi connectivity index (χ0) is 12.8. The molecule has 18 heavy (non-hydrogen) atoms. The van der Waals surface area contributed by atoms with Crippen LogP contribution in [0.5, 0.6) is 5.75 Å². The highest BCUT2D eigenvalue weighted by molar-refractivity contribution is 5.93. The zero-order valence-electron chi connectivity index (χ0n) is 10.3. The Morgan fingerprint density at radius 2 is 2.17 bits per heavy atom. The smallest absolute Gasteiger partial charge is 0.228 e. The maximum absolute atomic E-state index is 11.9. The van der Waals surface area contributed by atoms with Crippen LogP contribution in [-0.2, 0) is 4.79 Å². The number of ether oxygens (including phenoxy) is 1. The molecule has 0 aliphatic heterocycles. The van der Waals surface area contributed by atoms with Crippen LogP contribution < -0.4 is 15.8 Å². The molecule has 96 valence electrons. The molecule has 0 fully saturated rings. The monoisotopic (exact) mass is 246 g/mol. The number of carbonyl (C=O) groups is 1. The molecule has 0 spiro atoms. The van der Waals surface area contributed by atoms with Gasteiger partial charge in [-0.15, -0.1) is 0 Å². The number of rotatable bonds is 5. The first kappa shape index (κ1) is 12.6. The van der Waals surface area contributed by atoms with E-state index in [1.54, 1.807) is 0 Å². The molecule has 1 aromatic rings. The number of nitrogens with one attached hydrogen (secondary N) is 1. The molecule has 0 heterocycles. The quantitative estimate of drug-likeness (QED) is 0.780. The van der Waals surface area contributed by atoms with Gasteiger partial charge in [0.25, 0.3) is 0 Å². The van der Waals surface area contributed by atoms with Gasteiger partial charge in [0.05, 0.1) is 0 Å². The summed E-state index contributed by atoms with van der Waals surface area (Å²) in [5.41, 5.74) is 6.14. The third-order valence-corrected chi connectivity index (χ3v) is 2.87. The highest BCUT2D eigenvalue weighted by atomic mass is 16.5. The number of benzene rings is 1. The van der Waals surface area contributed by atoms with Gasteiger partial charge in [0.1, 0.15) is 12.4 Å². The lowest BCUT2D eigenvalue weighted by Crippen LogP contribution is -2.20. The van der Waals surface area contributed by atoms with Crippen LogP contribution in [0, 0.1) is 5.92 Å². The Hall–Kier alpha value is -1.81. The third-order valence-electron chi connectivity index (χ3n) is 2.87. The summed E-state index contributed by atoms with van der Waals surface area (Å²) < 4.78 is 5.41. The number of nitrogens with two attached hydrogens (primary N) is 1. The Kier molecular flexibility index (Phi) is 4.36. The predicted octanol–water partition coefficient (Wildman–Crippen LogP) is 1.93. The molecule has 1 amide bonds. The third kappa shape index (κ3) is 3.34. The summed E-state index contributed by atoms with van der Waals surface area (Å²) >= 11 is 0. The van der Waals surface area contributed by atoms with Crippen LogP contribution in [0.2, 0.25) is 0 Å². The molecule has 4 nitrogen and oxygen atoms in total. The van der Waals surface area contributed by atoms with Crippen molar-refractivity contribution in [3.8, 4) is 5.75 Å². The lowest BCUT2D eigenvalue weighted by molar-refractivity contribution is -0.119. The van der Waals surface area contributed by atoms with E-state index < -0.39 is 0 Å². The van der Waals surface area contributed by atoms with Crippen molar-refractivity contribution in [1.82, 2.24) is 0 Å². The first-order valence-electron chi connectivity index (χ1n) is 6.18. The lowest BCUT2D eigenvalue weighted by Gasteiger charge is -2.11. The van der Waals surface area contributed by atoms with Crippen LogP contribution in [-0.4, -0.2) is 19.1 Å². The van der Waals surface area contributed by atoms with Crippen LogP contribution in [0.4, 0.5) is 5.69 Å². The van der Waals surface area contributed by atoms with Crippen LogP contribution in [0.15, 0.2) is 36.4 Å². The second-order valence-electron chi connectivity index (χ2n) is 4.29. The van der Waals surface area contributed by atoms with E-state index in [2.05, 4.69) is 5.32 Å². The Balaban J connectivity index is 1.93. The van der Waals surface area contributed by atoms with E-state index in [0.29, 0.717) is 13.2 Å². The maximum Gasteiger partial charge on any atom is 0.228 e. The second kappa shape index (κ2) is 6.21. The molecule has 0 aromatic heterocycles. The molecule has 1 aliphatic carbocycles. The van der Waals surface area contributed by atoms with Gasteiger partial charge in [-0.25, -0.2) is 0 Å². The van der Waals surface area contributed by atoms with Gasteiger partial charge in [0.2, 0.25) is 5.91 Å². The average Bonchev–Trinajstić information content (AvgIpc) is 2.91. The standard InChI is InChI=1S/C14H18N2O2/c15-8-9-18-13-7-3-6-12(10-13)16-14(17)11-4-1-2-5-11/h1-3,6-7,10-11H,4-5,8-9,15H2,(H,16,17). The SMILES string of the molecule is NCCOc1cccc(NC(=O)C2CC=CC2)c1. The molecule has 3 N–H and O–H groups in total. The Morgan fingerprint density at radius 3 is 2.89 bits per heavy atom. The Bertz CT molecular complexity index is 435. The summed E-state index contributed by atoms with van der Waals surface area (Å²) in [6.45, 7) is 0.953. The van der Waals surface area contributed by atoms with Crippen molar-refractivity contribution in [2.45, 2.75) is 12.8 Å². The van der Waals surface area contributed by atoms with Gasteiger partial charge >= 0.3 is 0 Å². The summed E-state index contributed by atoms with van der Waals surface area (Å²) in [7, 11) is 0. The summed E-state index contributed by atoms with van der Waals surface area (Å²) in [4.78, 5) is 11.9. The molecule has 2 rings (SSSR count). The van der Waals surface area contributed by atoms with Crippen molar-refractivity contribution in [1.29, 1.82) is 0 Å². The average molecular weight is 246 g/mol. The van der Waals surface area contributed by atoms with Crippen molar-refractivity contribution in [3.63, 3.8) is 0 Å². The van der Waals surface area contributed by atoms with Crippen molar-refractivity contribution >= 4 is 11.6 Å². The Labute approximate surface area is 107 Å². The molecule has 0 saturated heterocycles. The van der Waals surface area contributed by atoms with E-state index in [-0.39, 0.29) is 11.8 Å². The number of carbonyl (C=O) groups excluding carboxylic acids is 1. The van der Waals surface area contributed by atoms with Crippen LogP contribution in [0.1, 0.15) is 12.8 Å². The van der Waals surface area contributed by atoms with Crippen molar-refractivity contribution in [3.05, 3.63) is 36.4 Å². The molecule has 0 radical (unpaired) electrons. The largest absolute Gasteiger partial charge is 0.492 e. The number of amides is 1. The molecule has 0 atom stereocenters. The number of hydrogen-bond donors (Lipinski definition) is 2. The van der Waals surface area contributed by atoms with E-state index in [9.17, 15) is 4.79 Å². The minimum Gasteiger partial charge on any atom is -0.492 e. The van der Waals surface area contributed by atoms with E-state index in [0.717, 1.165) is 24.3 Å². The van der Waals surface area contributed by atoms with E-state index in [1.807, 2.05) is 36.4 Å². The molecule has 0 saturated carbocycles. The minimum absolute atomic E-state index is 0.0657. The fourth-order valence-corrected chi connectivity index (χ4v) is 1.92. The molecule has 0 bridgehead atoms. The first-order valence-corrected chi connectivity index (χ1v) is 6.18. The van der Waals surface area contributed by atoms with Crippen LogP contribution in [0.3, 0.4) is 0 Å². The molecule has 1 aliphatic rings. The fourth-order valence-electron chi connectivity index (χ4n) is 1.92. The van der Waals surface area contributed by atoms with Gasteiger partial charge in [-0.2, -0.15) is 0 Å². The van der Waals surface area contributed by atoms with Crippen LogP contribution in [0.25, 0.3) is 0 Å². The summed E-state index contributed by atoms with van der Waals surface area (Å²) in [5, 5.41) is 2.91. The fraction of sp³-hybridized carbons (Fsp3) is 0.357. The minimum atomic E-state index is 0.0657.